The van der Waals surface area contributed by atoms with Crippen LogP contribution in [0.4, 0.5) is 4.79 Å². The van der Waals surface area contributed by atoms with Gasteiger partial charge in [0.15, 0.2) is 10.2 Å². The number of hydrogen-bond donors (Lipinski definition) is 2. The van der Waals surface area contributed by atoms with E-state index in [1.165, 1.54) is 22.7 Å². The van der Waals surface area contributed by atoms with Crippen molar-refractivity contribution in [1.82, 2.24) is 20.2 Å². The summed E-state index contributed by atoms with van der Waals surface area (Å²) in [6.07, 6.45) is 1.53. The molecule has 132 valence electrons. The van der Waals surface area contributed by atoms with Crippen LogP contribution in [-0.4, -0.2) is 32.8 Å². The normalized spacial score (nSPS) is 16.3. The highest BCUT2D eigenvalue weighted by molar-refractivity contribution is 7.99. The van der Waals surface area contributed by atoms with Crippen LogP contribution in [0.25, 0.3) is 17.1 Å². The van der Waals surface area contributed by atoms with E-state index in [9.17, 15) is 9.59 Å². The highest BCUT2D eigenvalue weighted by Crippen LogP contribution is 2.29. The molecule has 3 aromatic rings. The number of carbonyl (C=O) groups is 2. The monoisotopic (exact) mass is 368 g/mol. The molecule has 8 heteroatoms. The summed E-state index contributed by atoms with van der Waals surface area (Å²) in [6.45, 7) is 3.57. The molecule has 4 rings (SSSR count). The number of nitrogens with zero attached hydrogens (tertiary/aromatic N) is 2. The molecule has 7 nitrogen and oxygen atoms in total. The Kier molecular flexibility index (Phi) is 4.04. The number of para-hydroxylation sites is 2. The number of H-pyrrole nitrogens is 1. The van der Waals surface area contributed by atoms with Crippen LogP contribution < -0.4 is 5.32 Å². The zero-order chi connectivity index (χ0) is 18.3. The van der Waals surface area contributed by atoms with Gasteiger partial charge in [-0.15, -0.1) is 0 Å². The van der Waals surface area contributed by atoms with Crippen LogP contribution >= 0.6 is 11.8 Å². The van der Waals surface area contributed by atoms with Crippen molar-refractivity contribution in [2.45, 2.75) is 30.1 Å². The van der Waals surface area contributed by atoms with Gasteiger partial charge in [0.05, 0.1) is 11.0 Å². The Labute approximate surface area is 153 Å². The first kappa shape index (κ1) is 16.5. The van der Waals surface area contributed by atoms with Gasteiger partial charge in [-0.2, -0.15) is 0 Å². The summed E-state index contributed by atoms with van der Waals surface area (Å²) in [7, 11) is 0. The smallest absolute Gasteiger partial charge is 0.329 e. The number of nitrogens with one attached hydrogen (secondary N) is 2. The highest BCUT2D eigenvalue weighted by atomic mass is 32.2. The fourth-order valence-corrected chi connectivity index (χ4v) is 3.47. The first-order chi connectivity index (χ1) is 12.5. The number of rotatable bonds is 4. The first-order valence-electron chi connectivity index (χ1n) is 8.10. The van der Waals surface area contributed by atoms with Crippen molar-refractivity contribution >= 4 is 40.8 Å². The lowest BCUT2D eigenvalue weighted by atomic mass is 10.3. The Balaban J connectivity index is 1.53. The molecule has 0 unspecified atom stereocenters. The number of fused-ring (bicyclic) bond motifs is 1. The SMILES string of the molecule is CC(C)N1C(=O)N/C(=C\c2ccc(Sc3nc4ccccc4[nH]3)o2)C1=O. The van der Waals surface area contributed by atoms with E-state index in [0.29, 0.717) is 10.9 Å². The molecule has 1 saturated heterocycles. The van der Waals surface area contributed by atoms with Gasteiger partial charge >= 0.3 is 6.03 Å². The number of imide groups is 1. The van der Waals surface area contributed by atoms with Crippen LogP contribution in [0.1, 0.15) is 19.6 Å². The van der Waals surface area contributed by atoms with Gasteiger partial charge in [0.2, 0.25) is 0 Å². The van der Waals surface area contributed by atoms with Gasteiger partial charge in [0.25, 0.3) is 5.91 Å². The number of aromatic amines is 1. The lowest BCUT2D eigenvalue weighted by Crippen LogP contribution is -2.36. The van der Waals surface area contributed by atoms with E-state index in [2.05, 4.69) is 15.3 Å². The van der Waals surface area contributed by atoms with Crippen LogP contribution in [0, 0.1) is 0 Å². The van der Waals surface area contributed by atoms with Gasteiger partial charge in [-0.25, -0.2) is 9.78 Å². The van der Waals surface area contributed by atoms with Crippen LogP contribution in [-0.2, 0) is 4.79 Å². The van der Waals surface area contributed by atoms with Crippen molar-refractivity contribution in [1.29, 1.82) is 0 Å². The minimum atomic E-state index is -0.417. The maximum atomic E-state index is 12.3. The molecule has 0 atom stereocenters. The summed E-state index contributed by atoms with van der Waals surface area (Å²) in [5.74, 6) is 0.130. The number of hydrogen-bond acceptors (Lipinski definition) is 5. The second-order valence-corrected chi connectivity index (χ2v) is 7.07. The molecule has 0 bridgehead atoms. The largest absolute Gasteiger partial charge is 0.450 e. The fourth-order valence-electron chi connectivity index (χ4n) is 2.70. The van der Waals surface area contributed by atoms with Gasteiger partial charge in [-0.1, -0.05) is 12.1 Å². The first-order valence-corrected chi connectivity index (χ1v) is 8.91. The van der Waals surface area contributed by atoms with Gasteiger partial charge in [0.1, 0.15) is 11.5 Å². The average molecular weight is 368 g/mol. The van der Waals surface area contributed by atoms with E-state index in [1.807, 2.05) is 24.3 Å². The molecule has 0 aliphatic carbocycles. The van der Waals surface area contributed by atoms with Gasteiger partial charge in [-0.05, 0) is 49.9 Å². The third-order valence-electron chi connectivity index (χ3n) is 3.88. The minimum Gasteiger partial charge on any atom is -0.450 e. The Bertz CT molecular complexity index is 1000. The Hall–Kier alpha value is -3.00. The molecule has 1 aliphatic heterocycles. The number of carbonyl (C=O) groups excluding carboxylic acids is 2. The van der Waals surface area contributed by atoms with Crippen LogP contribution in [0.5, 0.6) is 0 Å². The molecule has 3 amide bonds. The average Bonchev–Trinajstić information content (AvgIpc) is 3.26. The molecule has 0 spiro atoms. The number of aromatic nitrogens is 2. The standard InChI is InChI=1S/C18H16N4O3S/c1-10(2)22-16(23)14(21-18(22)24)9-11-7-8-15(25-11)26-17-19-12-5-3-4-6-13(12)20-17/h3-10H,1-2H3,(H,19,20)(H,21,24)/b14-9-. The summed E-state index contributed by atoms with van der Waals surface area (Å²) in [4.78, 5) is 33.0. The Morgan fingerprint density at radius 1 is 1.19 bits per heavy atom. The Morgan fingerprint density at radius 3 is 2.73 bits per heavy atom. The van der Waals surface area contributed by atoms with E-state index in [0.717, 1.165) is 16.2 Å². The van der Waals surface area contributed by atoms with Gasteiger partial charge in [0, 0.05) is 12.1 Å². The summed E-state index contributed by atoms with van der Waals surface area (Å²) in [5.41, 5.74) is 2.05. The van der Waals surface area contributed by atoms with Gasteiger partial charge in [-0.3, -0.25) is 9.69 Å². The van der Waals surface area contributed by atoms with E-state index < -0.39 is 6.03 Å². The number of furan rings is 1. The number of amides is 3. The Morgan fingerprint density at radius 2 is 2.00 bits per heavy atom. The number of urea groups is 1. The molecule has 26 heavy (non-hydrogen) atoms. The van der Waals surface area contributed by atoms with Crippen molar-refractivity contribution in [2.24, 2.45) is 0 Å². The van der Waals surface area contributed by atoms with E-state index in [-0.39, 0.29) is 17.6 Å². The maximum absolute atomic E-state index is 12.3. The lowest BCUT2D eigenvalue weighted by molar-refractivity contribution is -0.123. The second-order valence-electron chi connectivity index (χ2n) is 6.08. The van der Waals surface area contributed by atoms with E-state index in [4.69, 9.17) is 4.42 Å². The predicted molar refractivity (Wildman–Crippen MR) is 97.4 cm³/mol. The molecule has 2 aromatic heterocycles. The minimum absolute atomic E-state index is 0.204. The van der Waals surface area contributed by atoms with E-state index >= 15 is 0 Å². The summed E-state index contributed by atoms with van der Waals surface area (Å²) in [6, 6.07) is 10.7. The number of imidazole rings is 1. The summed E-state index contributed by atoms with van der Waals surface area (Å²) < 4.78 is 5.73. The predicted octanol–water partition coefficient (Wildman–Crippen LogP) is 3.61. The topological polar surface area (TPSA) is 91.2 Å². The van der Waals surface area contributed by atoms with Crippen molar-refractivity contribution in [2.75, 3.05) is 0 Å². The third-order valence-corrected chi connectivity index (χ3v) is 4.69. The molecule has 2 N–H and O–H groups in total. The molecule has 1 aliphatic rings. The molecule has 0 saturated carbocycles. The fraction of sp³-hybridized carbons (Fsp3) is 0.167. The van der Waals surface area contributed by atoms with Crippen LogP contribution in [0.3, 0.4) is 0 Å². The quantitative estimate of drug-likeness (QED) is 0.542. The molecular formula is C18H16N4O3S. The molecule has 1 fully saturated rings. The molecule has 0 radical (unpaired) electrons. The maximum Gasteiger partial charge on any atom is 0.329 e. The van der Waals surface area contributed by atoms with Crippen molar-refractivity contribution in [3.05, 3.63) is 47.9 Å². The second kappa shape index (κ2) is 6.38. The molecule has 1 aromatic carbocycles. The molecular weight excluding hydrogens is 352 g/mol. The summed E-state index contributed by atoms with van der Waals surface area (Å²) >= 11 is 1.35. The molecule has 3 heterocycles. The van der Waals surface area contributed by atoms with Gasteiger partial charge < -0.3 is 14.7 Å². The highest BCUT2D eigenvalue weighted by Gasteiger charge is 2.35. The van der Waals surface area contributed by atoms with E-state index in [1.54, 1.807) is 26.0 Å². The number of benzene rings is 1. The van der Waals surface area contributed by atoms with Crippen LogP contribution in [0.2, 0.25) is 0 Å². The zero-order valence-corrected chi connectivity index (χ0v) is 15.0. The third kappa shape index (κ3) is 2.99. The summed E-state index contributed by atoms with van der Waals surface area (Å²) in [5, 5.41) is 3.92. The zero-order valence-electron chi connectivity index (χ0n) is 14.1. The lowest BCUT2D eigenvalue weighted by Gasteiger charge is -2.15. The van der Waals surface area contributed by atoms with Crippen molar-refractivity contribution < 1.29 is 14.0 Å². The van der Waals surface area contributed by atoms with Crippen molar-refractivity contribution in [3.8, 4) is 0 Å². The van der Waals surface area contributed by atoms with Crippen LogP contribution in [0.15, 0.2) is 56.8 Å². The van der Waals surface area contributed by atoms with Crippen molar-refractivity contribution in [3.63, 3.8) is 0 Å².